The van der Waals surface area contributed by atoms with Crippen LogP contribution < -0.4 is 10.2 Å². The van der Waals surface area contributed by atoms with Gasteiger partial charge in [-0.2, -0.15) is 0 Å². The molecule has 0 spiro atoms. The van der Waals surface area contributed by atoms with Crippen LogP contribution >= 0.6 is 0 Å². The van der Waals surface area contributed by atoms with Crippen LogP contribution in [0.5, 0.6) is 0 Å². The van der Waals surface area contributed by atoms with Gasteiger partial charge in [0.05, 0.1) is 0 Å². The quantitative estimate of drug-likeness (QED) is 0.617. The topological polar surface area (TPSA) is 49.4 Å². The summed E-state index contributed by atoms with van der Waals surface area (Å²) < 4.78 is 0. The summed E-state index contributed by atoms with van der Waals surface area (Å²) in [7, 11) is 0. The molecular formula is C26H34N2O2. The number of aryl methyl sites for hydroxylation is 1. The first kappa shape index (κ1) is 22.1. The Bertz CT molecular complexity index is 891. The summed E-state index contributed by atoms with van der Waals surface area (Å²) in [5.41, 5.74) is 5.21. The van der Waals surface area contributed by atoms with Crippen molar-refractivity contribution in [3.63, 3.8) is 0 Å². The molecule has 3 rings (SSSR count). The Kier molecular flexibility index (Phi) is 6.96. The average Bonchev–Trinajstić information content (AvgIpc) is 2.85. The molecule has 1 aliphatic heterocycles. The summed E-state index contributed by atoms with van der Waals surface area (Å²) >= 11 is 0. The fraction of sp³-hybridized carbons (Fsp3) is 0.462. The minimum atomic E-state index is -0.246. The molecule has 30 heavy (non-hydrogen) atoms. The van der Waals surface area contributed by atoms with Crippen LogP contribution in [-0.2, 0) is 16.0 Å². The van der Waals surface area contributed by atoms with E-state index in [0.717, 1.165) is 41.8 Å². The summed E-state index contributed by atoms with van der Waals surface area (Å²) in [6.07, 6.45) is 2.81. The molecule has 0 radical (unpaired) electrons. The molecule has 2 aromatic carbocycles. The molecule has 160 valence electrons. The number of fused-ring (bicyclic) bond motifs is 1. The number of para-hydroxylation sites is 2. The summed E-state index contributed by atoms with van der Waals surface area (Å²) in [6.45, 7) is 10.6. The lowest BCUT2D eigenvalue weighted by molar-refractivity contribution is -0.125. The molecule has 0 bridgehead atoms. The van der Waals surface area contributed by atoms with Crippen molar-refractivity contribution in [2.24, 2.45) is 0 Å². The zero-order chi connectivity index (χ0) is 21.8. The van der Waals surface area contributed by atoms with Crippen LogP contribution in [0.1, 0.15) is 82.4 Å². The summed E-state index contributed by atoms with van der Waals surface area (Å²) in [5, 5.41) is 3.08. The molecule has 1 aliphatic rings. The summed E-state index contributed by atoms with van der Waals surface area (Å²) in [6, 6.07) is 14.3. The third kappa shape index (κ3) is 4.75. The first-order valence-corrected chi connectivity index (χ1v) is 11.1. The molecule has 0 fully saturated rings. The minimum absolute atomic E-state index is 0.0862. The van der Waals surface area contributed by atoms with Gasteiger partial charge in [0.2, 0.25) is 11.8 Å². The zero-order valence-electron chi connectivity index (χ0n) is 18.9. The van der Waals surface area contributed by atoms with Crippen molar-refractivity contribution >= 4 is 23.2 Å². The Morgan fingerprint density at radius 2 is 1.63 bits per heavy atom. The first-order chi connectivity index (χ1) is 14.3. The van der Waals surface area contributed by atoms with Gasteiger partial charge >= 0.3 is 0 Å². The molecule has 4 heteroatoms. The van der Waals surface area contributed by atoms with Gasteiger partial charge in [0.1, 0.15) is 6.42 Å². The van der Waals surface area contributed by atoms with Crippen LogP contribution in [0.2, 0.25) is 0 Å². The number of nitrogens with one attached hydrogen (secondary N) is 1. The zero-order valence-corrected chi connectivity index (χ0v) is 18.9. The highest BCUT2D eigenvalue weighted by molar-refractivity contribution is 6.10. The third-order valence-corrected chi connectivity index (χ3v) is 5.98. The highest BCUT2D eigenvalue weighted by Gasteiger charge is 2.28. The van der Waals surface area contributed by atoms with Crippen molar-refractivity contribution in [1.82, 2.24) is 0 Å². The van der Waals surface area contributed by atoms with E-state index in [4.69, 9.17) is 0 Å². The standard InChI is InChI=1S/C26H34N2O2/c1-17(2)21-13-9-14-22(18(3)4)26(21)27-24(29)16-25(30)28-19(5)10-8-12-20-11-6-7-15-23(20)28/h6-7,9,11,13-15,17-19H,8,10,12,16H2,1-5H3,(H,27,29). The maximum absolute atomic E-state index is 13.2. The summed E-state index contributed by atoms with van der Waals surface area (Å²) in [4.78, 5) is 28.0. The second-order valence-electron chi connectivity index (χ2n) is 8.98. The van der Waals surface area contributed by atoms with Gasteiger partial charge in [-0.3, -0.25) is 9.59 Å². The number of nitrogens with zero attached hydrogens (tertiary/aromatic N) is 1. The number of anilines is 2. The van der Waals surface area contributed by atoms with E-state index in [9.17, 15) is 9.59 Å². The van der Waals surface area contributed by atoms with E-state index in [1.165, 1.54) is 5.56 Å². The second-order valence-corrected chi connectivity index (χ2v) is 8.98. The largest absolute Gasteiger partial charge is 0.325 e. The smallest absolute Gasteiger partial charge is 0.236 e. The van der Waals surface area contributed by atoms with E-state index in [1.54, 1.807) is 0 Å². The maximum atomic E-state index is 13.2. The van der Waals surface area contributed by atoms with Gasteiger partial charge < -0.3 is 10.2 Å². The minimum Gasteiger partial charge on any atom is -0.325 e. The number of hydrogen-bond acceptors (Lipinski definition) is 2. The van der Waals surface area contributed by atoms with Gasteiger partial charge in [-0.15, -0.1) is 0 Å². The molecule has 0 saturated heterocycles. The van der Waals surface area contributed by atoms with Gasteiger partial charge in [-0.25, -0.2) is 0 Å². The first-order valence-electron chi connectivity index (χ1n) is 11.1. The van der Waals surface area contributed by atoms with Gasteiger partial charge in [0, 0.05) is 17.4 Å². The van der Waals surface area contributed by atoms with E-state index in [-0.39, 0.29) is 36.1 Å². The third-order valence-electron chi connectivity index (χ3n) is 5.98. The Balaban J connectivity index is 1.83. The van der Waals surface area contributed by atoms with Gasteiger partial charge in [-0.1, -0.05) is 64.1 Å². The van der Waals surface area contributed by atoms with Crippen LogP contribution in [0.3, 0.4) is 0 Å². The number of carbonyl (C=O) groups excluding carboxylic acids is 2. The lowest BCUT2D eigenvalue weighted by atomic mass is 9.92. The van der Waals surface area contributed by atoms with Crippen LogP contribution in [0, 0.1) is 0 Å². The predicted molar refractivity (Wildman–Crippen MR) is 124 cm³/mol. The Hall–Kier alpha value is -2.62. The van der Waals surface area contributed by atoms with Crippen molar-refractivity contribution in [2.75, 3.05) is 10.2 Å². The molecule has 1 N–H and O–H groups in total. The number of carbonyl (C=O) groups is 2. The van der Waals surface area contributed by atoms with Crippen molar-refractivity contribution in [3.8, 4) is 0 Å². The normalized spacial score (nSPS) is 16.4. The molecule has 1 atom stereocenters. The molecular weight excluding hydrogens is 372 g/mol. The number of amides is 2. The molecule has 2 aromatic rings. The average molecular weight is 407 g/mol. The van der Waals surface area contributed by atoms with Crippen LogP contribution in [0.4, 0.5) is 11.4 Å². The maximum Gasteiger partial charge on any atom is 0.236 e. The lowest BCUT2D eigenvalue weighted by Gasteiger charge is -2.29. The summed E-state index contributed by atoms with van der Waals surface area (Å²) in [5.74, 6) is 0.186. The predicted octanol–water partition coefficient (Wildman–Crippen LogP) is 6.02. The van der Waals surface area contributed by atoms with Crippen LogP contribution in [0.25, 0.3) is 0 Å². The highest BCUT2D eigenvalue weighted by Crippen LogP contribution is 2.33. The van der Waals surface area contributed by atoms with E-state index in [2.05, 4.69) is 58.1 Å². The molecule has 0 aromatic heterocycles. The lowest BCUT2D eigenvalue weighted by Crippen LogP contribution is -2.40. The van der Waals surface area contributed by atoms with Crippen molar-refractivity contribution in [1.29, 1.82) is 0 Å². The number of benzene rings is 2. The SMILES string of the molecule is CC(C)c1cccc(C(C)C)c1NC(=O)CC(=O)N1c2ccccc2CCCC1C. The van der Waals surface area contributed by atoms with Crippen LogP contribution in [-0.4, -0.2) is 17.9 Å². The Morgan fingerprint density at radius 1 is 1.00 bits per heavy atom. The molecule has 2 amide bonds. The Morgan fingerprint density at radius 3 is 2.27 bits per heavy atom. The van der Waals surface area contributed by atoms with Gasteiger partial charge in [-0.05, 0) is 60.8 Å². The van der Waals surface area contributed by atoms with E-state index in [1.807, 2.05) is 29.2 Å². The molecule has 4 nitrogen and oxygen atoms in total. The molecule has 0 saturated carbocycles. The van der Waals surface area contributed by atoms with Crippen molar-refractivity contribution in [3.05, 3.63) is 59.2 Å². The van der Waals surface area contributed by atoms with Crippen molar-refractivity contribution < 1.29 is 9.59 Å². The van der Waals surface area contributed by atoms with Gasteiger partial charge in [0.25, 0.3) is 0 Å². The van der Waals surface area contributed by atoms with Crippen LogP contribution in [0.15, 0.2) is 42.5 Å². The monoisotopic (exact) mass is 406 g/mol. The van der Waals surface area contributed by atoms with E-state index >= 15 is 0 Å². The Labute approximate surface area is 180 Å². The number of rotatable bonds is 5. The fourth-order valence-corrected chi connectivity index (χ4v) is 4.39. The van der Waals surface area contributed by atoms with E-state index in [0.29, 0.717) is 0 Å². The molecule has 1 unspecified atom stereocenters. The van der Waals surface area contributed by atoms with E-state index < -0.39 is 0 Å². The highest BCUT2D eigenvalue weighted by atomic mass is 16.2. The molecule has 1 heterocycles. The van der Waals surface area contributed by atoms with Gasteiger partial charge in [0.15, 0.2) is 0 Å². The fourth-order valence-electron chi connectivity index (χ4n) is 4.39. The second kappa shape index (κ2) is 9.46. The number of hydrogen-bond donors (Lipinski definition) is 1. The molecule has 0 aliphatic carbocycles. The van der Waals surface area contributed by atoms with Crippen molar-refractivity contribution in [2.45, 2.75) is 78.2 Å².